The van der Waals surface area contributed by atoms with Crippen LogP contribution in [0.1, 0.15) is 30.4 Å². The molecule has 28 heavy (non-hydrogen) atoms. The van der Waals surface area contributed by atoms with E-state index in [4.69, 9.17) is 0 Å². The third-order valence-corrected chi connectivity index (χ3v) is 7.45. The summed E-state index contributed by atoms with van der Waals surface area (Å²) in [4.78, 5) is 15.1. The normalized spacial score (nSPS) is 20.6. The number of carbonyl (C=O) groups excluding carboxylic acids is 1. The van der Waals surface area contributed by atoms with Crippen molar-refractivity contribution >= 4 is 15.9 Å². The quantitative estimate of drug-likeness (QED) is 0.793. The molecule has 0 spiro atoms. The predicted molar refractivity (Wildman–Crippen MR) is 103 cm³/mol. The number of amides is 1. The van der Waals surface area contributed by atoms with Crippen LogP contribution in [0, 0.1) is 5.82 Å². The van der Waals surface area contributed by atoms with Gasteiger partial charge in [0.2, 0.25) is 15.9 Å². The molecule has 148 valence electrons. The first-order valence-corrected chi connectivity index (χ1v) is 11.0. The van der Waals surface area contributed by atoms with Gasteiger partial charge in [-0.2, -0.15) is 4.31 Å². The lowest BCUT2D eigenvalue weighted by Crippen LogP contribution is -2.54. The highest BCUT2D eigenvalue weighted by Crippen LogP contribution is 2.30. The average Bonchev–Trinajstić information content (AvgIpc) is 2.73. The summed E-state index contributed by atoms with van der Waals surface area (Å²) in [6, 6.07) is 11.6. The van der Waals surface area contributed by atoms with Crippen molar-refractivity contribution in [2.24, 2.45) is 0 Å². The molecule has 0 aliphatic carbocycles. The van der Waals surface area contributed by atoms with Gasteiger partial charge in [-0.3, -0.25) is 4.79 Å². The van der Waals surface area contributed by atoms with Crippen molar-refractivity contribution < 1.29 is 17.6 Å². The van der Waals surface area contributed by atoms with Gasteiger partial charge < -0.3 is 4.90 Å². The first-order valence-electron chi connectivity index (χ1n) is 9.60. The Balaban J connectivity index is 1.72. The Morgan fingerprint density at radius 3 is 2.25 bits per heavy atom. The maximum absolute atomic E-state index is 13.3. The number of hydrogen-bond acceptors (Lipinski definition) is 3. The van der Waals surface area contributed by atoms with Crippen LogP contribution in [0.4, 0.5) is 4.39 Å². The molecule has 5 nitrogen and oxygen atoms in total. The average molecular weight is 402 g/mol. The molecule has 1 saturated heterocycles. The van der Waals surface area contributed by atoms with Crippen molar-refractivity contribution in [3.05, 3.63) is 65.5 Å². The summed E-state index contributed by atoms with van der Waals surface area (Å²) in [5.41, 5.74) is 1.90. The number of hydrogen-bond donors (Lipinski definition) is 0. The SMILES string of the molecule is O=C([C@@H]1Cc2ccccc2CN1S(=O)(=O)c1ccc(F)cc1)N1CCCCC1. The van der Waals surface area contributed by atoms with E-state index in [-0.39, 0.29) is 17.3 Å². The Labute approximate surface area is 164 Å². The molecule has 0 N–H and O–H groups in total. The molecule has 0 aromatic heterocycles. The van der Waals surface area contributed by atoms with Crippen LogP contribution in [0.25, 0.3) is 0 Å². The summed E-state index contributed by atoms with van der Waals surface area (Å²) in [6.45, 7) is 1.48. The fraction of sp³-hybridized carbons (Fsp3) is 0.381. The molecular formula is C21H23FN2O3S. The van der Waals surface area contributed by atoms with Gasteiger partial charge in [-0.25, -0.2) is 12.8 Å². The van der Waals surface area contributed by atoms with Crippen molar-refractivity contribution in [1.82, 2.24) is 9.21 Å². The molecule has 0 saturated carbocycles. The number of rotatable bonds is 3. The lowest BCUT2D eigenvalue weighted by molar-refractivity contribution is -0.136. The topological polar surface area (TPSA) is 57.7 Å². The zero-order chi connectivity index (χ0) is 19.7. The van der Waals surface area contributed by atoms with Crippen molar-refractivity contribution in [1.29, 1.82) is 0 Å². The number of likely N-dealkylation sites (tertiary alicyclic amines) is 1. The van der Waals surface area contributed by atoms with Gasteiger partial charge in [0.15, 0.2) is 0 Å². The van der Waals surface area contributed by atoms with Crippen LogP contribution in [0.2, 0.25) is 0 Å². The smallest absolute Gasteiger partial charge is 0.244 e. The minimum atomic E-state index is -3.94. The lowest BCUT2D eigenvalue weighted by Gasteiger charge is -2.38. The number of fused-ring (bicyclic) bond motifs is 1. The van der Waals surface area contributed by atoms with Gasteiger partial charge in [-0.05, 0) is 61.1 Å². The maximum atomic E-state index is 13.3. The number of nitrogens with zero attached hydrogens (tertiary/aromatic N) is 2. The van der Waals surface area contributed by atoms with E-state index in [1.54, 1.807) is 4.90 Å². The van der Waals surface area contributed by atoms with Crippen molar-refractivity contribution in [3.63, 3.8) is 0 Å². The van der Waals surface area contributed by atoms with E-state index >= 15 is 0 Å². The first-order chi connectivity index (χ1) is 13.5. The molecule has 0 radical (unpaired) electrons. The van der Waals surface area contributed by atoms with Crippen LogP contribution in [0.15, 0.2) is 53.4 Å². The fourth-order valence-electron chi connectivity index (χ4n) is 4.03. The minimum Gasteiger partial charge on any atom is -0.341 e. The van der Waals surface area contributed by atoms with Crippen molar-refractivity contribution in [3.8, 4) is 0 Å². The molecule has 2 aliphatic heterocycles. The van der Waals surface area contributed by atoms with E-state index in [0.29, 0.717) is 19.5 Å². The minimum absolute atomic E-state index is 0.00438. The standard InChI is InChI=1S/C21H23FN2O3S/c22-18-8-10-19(11-9-18)28(26,27)24-15-17-7-3-2-6-16(17)14-20(24)21(25)23-12-4-1-5-13-23/h2-3,6-11,20H,1,4-5,12-15H2/t20-/m0/s1. The van der Waals surface area contributed by atoms with Gasteiger partial charge in [0.05, 0.1) is 4.90 Å². The molecule has 4 rings (SSSR count). The molecular weight excluding hydrogens is 379 g/mol. The summed E-state index contributed by atoms with van der Waals surface area (Å²) in [5.74, 6) is -0.635. The second kappa shape index (κ2) is 7.64. The van der Waals surface area contributed by atoms with Crippen LogP contribution in [-0.4, -0.2) is 42.7 Å². The lowest BCUT2D eigenvalue weighted by atomic mass is 9.94. The number of piperidine rings is 1. The number of halogens is 1. The third-order valence-electron chi connectivity index (χ3n) is 5.58. The molecule has 0 unspecified atom stereocenters. The van der Waals surface area contributed by atoms with E-state index in [0.717, 1.165) is 42.5 Å². The molecule has 0 bridgehead atoms. The first kappa shape index (κ1) is 19.1. The van der Waals surface area contributed by atoms with E-state index in [1.807, 2.05) is 24.3 Å². The Hall–Kier alpha value is -2.25. The number of carbonyl (C=O) groups is 1. The second-order valence-electron chi connectivity index (χ2n) is 7.38. The van der Waals surface area contributed by atoms with E-state index in [2.05, 4.69) is 0 Å². The molecule has 2 aliphatic rings. The molecule has 1 atom stereocenters. The second-order valence-corrected chi connectivity index (χ2v) is 9.27. The van der Waals surface area contributed by atoms with E-state index in [1.165, 1.54) is 16.4 Å². The van der Waals surface area contributed by atoms with Gasteiger partial charge in [0, 0.05) is 19.6 Å². The summed E-state index contributed by atoms with van der Waals surface area (Å²) in [6.07, 6.45) is 3.33. The Kier molecular flexibility index (Phi) is 5.21. The van der Waals surface area contributed by atoms with Gasteiger partial charge in [-0.15, -0.1) is 0 Å². The highest BCUT2D eigenvalue weighted by molar-refractivity contribution is 7.89. The fourth-order valence-corrected chi connectivity index (χ4v) is 5.59. The third kappa shape index (κ3) is 3.56. The molecule has 2 aromatic rings. The molecule has 2 heterocycles. The zero-order valence-electron chi connectivity index (χ0n) is 15.6. The highest BCUT2D eigenvalue weighted by atomic mass is 32.2. The van der Waals surface area contributed by atoms with E-state index < -0.39 is 21.9 Å². The Morgan fingerprint density at radius 1 is 0.929 bits per heavy atom. The van der Waals surface area contributed by atoms with Gasteiger partial charge in [0.1, 0.15) is 11.9 Å². The predicted octanol–water partition coefficient (Wildman–Crippen LogP) is 2.95. The van der Waals surface area contributed by atoms with Crippen LogP contribution < -0.4 is 0 Å². The van der Waals surface area contributed by atoms with Crippen LogP contribution in [0.5, 0.6) is 0 Å². The van der Waals surface area contributed by atoms with Crippen molar-refractivity contribution in [2.75, 3.05) is 13.1 Å². The summed E-state index contributed by atoms with van der Waals surface area (Å²) < 4.78 is 41.3. The van der Waals surface area contributed by atoms with Crippen molar-refractivity contribution in [2.45, 2.75) is 43.2 Å². The highest BCUT2D eigenvalue weighted by Gasteiger charge is 2.41. The maximum Gasteiger partial charge on any atom is 0.244 e. The summed E-state index contributed by atoms with van der Waals surface area (Å²) >= 11 is 0. The summed E-state index contributed by atoms with van der Waals surface area (Å²) in [5, 5.41) is 0. The number of sulfonamides is 1. The monoisotopic (exact) mass is 402 g/mol. The largest absolute Gasteiger partial charge is 0.341 e. The van der Waals surface area contributed by atoms with Gasteiger partial charge in [-0.1, -0.05) is 24.3 Å². The van der Waals surface area contributed by atoms with Crippen LogP contribution >= 0.6 is 0 Å². The molecule has 1 amide bonds. The van der Waals surface area contributed by atoms with E-state index in [9.17, 15) is 17.6 Å². The van der Waals surface area contributed by atoms with Crippen LogP contribution in [0.3, 0.4) is 0 Å². The molecule has 1 fully saturated rings. The molecule has 2 aromatic carbocycles. The Bertz CT molecular complexity index is 969. The van der Waals surface area contributed by atoms with Crippen LogP contribution in [-0.2, 0) is 27.8 Å². The zero-order valence-corrected chi connectivity index (χ0v) is 16.4. The summed E-state index contributed by atoms with van der Waals surface area (Å²) in [7, 11) is -3.94. The van der Waals surface area contributed by atoms with Gasteiger partial charge in [0.25, 0.3) is 0 Å². The Morgan fingerprint density at radius 2 is 1.57 bits per heavy atom. The molecule has 7 heteroatoms. The van der Waals surface area contributed by atoms with Gasteiger partial charge >= 0.3 is 0 Å². The number of benzene rings is 2.